The molecule has 0 N–H and O–H groups in total. The molecule has 0 aliphatic rings. The number of nitrogens with zero attached hydrogens (tertiary/aromatic N) is 3. The summed E-state index contributed by atoms with van der Waals surface area (Å²) in [4.78, 5) is 17.8. The second kappa shape index (κ2) is 6.52. The third-order valence-electron chi connectivity index (χ3n) is 3.35. The van der Waals surface area contributed by atoms with Crippen LogP contribution in [0.5, 0.6) is 0 Å². The lowest BCUT2D eigenvalue weighted by atomic mass is 10.2. The Balaban J connectivity index is 2.12. The van der Waals surface area contributed by atoms with Crippen molar-refractivity contribution < 1.29 is 9.18 Å². The maximum Gasteiger partial charge on any atom is 0.225 e. The minimum atomic E-state index is -0.233. The van der Waals surface area contributed by atoms with Gasteiger partial charge in [-0.2, -0.15) is 0 Å². The normalized spacial score (nSPS) is 10.9. The molecule has 21 heavy (non-hydrogen) atoms. The van der Waals surface area contributed by atoms with E-state index in [1.807, 2.05) is 24.5 Å². The van der Waals surface area contributed by atoms with Gasteiger partial charge < -0.3 is 9.47 Å². The van der Waals surface area contributed by atoms with Crippen molar-refractivity contribution in [1.82, 2.24) is 14.5 Å². The SMILES string of the molecule is CC(C)C(=O)N(C)Cc1nccn1Cc1ccccc1F. The molecule has 0 fully saturated rings. The third kappa shape index (κ3) is 3.68. The van der Waals surface area contributed by atoms with E-state index in [4.69, 9.17) is 0 Å². The molecule has 0 aliphatic heterocycles. The van der Waals surface area contributed by atoms with E-state index in [-0.39, 0.29) is 17.6 Å². The smallest absolute Gasteiger partial charge is 0.225 e. The molecule has 0 saturated carbocycles. The number of hydrogen-bond acceptors (Lipinski definition) is 2. The van der Waals surface area contributed by atoms with Gasteiger partial charge in [0.05, 0.1) is 13.1 Å². The highest BCUT2D eigenvalue weighted by atomic mass is 19.1. The van der Waals surface area contributed by atoms with Crippen molar-refractivity contribution >= 4 is 5.91 Å². The zero-order chi connectivity index (χ0) is 15.4. The number of benzene rings is 1. The largest absolute Gasteiger partial charge is 0.338 e. The maximum absolute atomic E-state index is 13.7. The number of halogens is 1. The monoisotopic (exact) mass is 289 g/mol. The molecule has 1 heterocycles. The molecule has 0 spiro atoms. The molecule has 0 saturated heterocycles. The number of rotatable bonds is 5. The summed E-state index contributed by atoms with van der Waals surface area (Å²) in [6.07, 6.45) is 3.47. The van der Waals surface area contributed by atoms with Gasteiger partial charge in [0.15, 0.2) is 0 Å². The van der Waals surface area contributed by atoms with Crippen LogP contribution in [0.1, 0.15) is 25.2 Å². The van der Waals surface area contributed by atoms with E-state index in [1.165, 1.54) is 6.07 Å². The Bertz CT molecular complexity index is 621. The van der Waals surface area contributed by atoms with Crippen LogP contribution in [0.25, 0.3) is 0 Å². The van der Waals surface area contributed by atoms with Gasteiger partial charge in [-0.25, -0.2) is 9.37 Å². The van der Waals surface area contributed by atoms with E-state index >= 15 is 0 Å². The molecule has 112 valence electrons. The van der Waals surface area contributed by atoms with Crippen LogP contribution in [0, 0.1) is 11.7 Å². The Hall–Kier alpha value is -2.17. The van der Waals surface area contributed by atoms with Gasteiger partial charge in [0.25, 0.3) is 0 Å². The quantitative estimate of drug-likeness (QED) is 0.849. The van der Waals surface area contributed by atoms with Crippen LogP contribution in [-0.4, -0.2) is 27.4 Å². The topological polar surface area (TPSA) is 38.1 Å². The first-order valence-electron chi connectivity index (χ1n) is 6.97. The molecule has 0 aliphatic carbocycles. The van der Waals surface area contributed by atoms with Gasteiger partial charge >= 0.3 is 0 Å². The van der Waals surface area contributed by atoms with E-state index in [9.17, 15) is 9.18 Å². The second-order valence-corrected chi connectivity index (χ2v) is 5.41. The summed E-state index contributed by atoms with van der Waals surface area (Å²) in [5.74, 6) is 0.527. The molecule has 0 atom stereocenters. The van der Waals surface area contributed by atoms with Crippen molar-refractivity contribution in [2.45, 2.75) is 26.9 Å². The zero-order valence-corrected chi connectivity index (χ0v) is 12.6. The van der Waals surface area contributed by atoms with Gasteiger partial charge in [-0.3, -0.25) is 4.79 Å². The van der Waals surface area contributed by atoms with E-state index in [0.29, 0.717) is 18.7 Å². The van der Waals surface area contributed by atoms with Gasteiger partial charge in [-0.05, 0) is 6.07 Å². The number of carbonyl (C=O) groups excluding carboxylic acids is 1. The minimum absolute atomic E-state index is 0.0509. The first-order valence-corrected chi connectivity index (χ1v) is 6.97. The standard InChI is InChI=1S/C16H20FN3O/c1-12(2)16(21)19(3)11-15-18-8-9-20(15)10-13-6-4-5-7-14(13)17/h4-9,12H,10-11H2,1-3H3. The lowest BCUT2D eigenvalue weighted by Gasteiger charge is -2.19. The van der Waals surface area contributed by atoms with E-state index in [2.05, 4.69) is 4.98 Å². The first-order chi connectivity index (χ1) is 9.99. The van der Waals surface area contributed by atoms with Gasteiger partial charge in [0.2, 0.25) is 5.91 Å². The fraction of sp³-hybridized carbons (Fsp3) is 0.375. The average Bonchev–Trinajstić information content (AvgIpc) is 2.87. The summed E-state index contributed by atoms with van der Waals surface area (Å²) in [5, 5.41) is 0. The Kier molecular flexibility index (Phi) is 4.73. The Morgan fingerprint density at radius 2 is 2.10 bits per heavy atom. The summed E-state index contributed by atoms with van der Waals surface area (Å²) in [7, 11) is 1.75. The third-order valence-corrected chi connectivity index (χ3v) is 3.35. The number of carbonyl (C=O) groups is 1. The minimum Gasteiger partial charge on any atom is -0.338 e. The number of imidazole rings is 1. The molecule has 2 rings (SSSR count). The zero-order valence-electron chi connectivity index (χ0n) is 12.6. The van der Waals surface area contributed by atoms with Crippen molar-refractivity contribution in [3.8, 4) is 0 Å². The summed E-state index contributed by atoms with van der Waals surface area (Å²) in [6, 6.07) is 6.68. The van der Waals surface area contributed by atoms with Crippen LogP contribution >= 0.6 is 0 Å². The highest BCUT2D eigenvalue weighted by molar-refractivity contribution is 5.77. The van der Waals surface area contributed by atoms with Gasteiger partial charge in [-0.15, -0.1) is 0 Å². The number of aromatic nitrogens is 2. The van der Waals surface area contributed by atoms with Crippen LogP contribution in [0.3, 0.4) is 0 Å². The summed E-state index contributed by atoms with van der Waals surface area (Å²) in [5.41, 5.74) is 0.606. The van der Waals surface area contributed by atoms with Crippen LogP contribution in [0.4, 0.5) is 4.39 Å². The second-order valence-electron chi connectivity index (χ2n) is 5.41. The molecule has 2 aromatic rings. The Labute approximate surface area is 124 Å². The van der Waals surface area contributed by atoms with Crippen molar-refractivity contribution in [3.05, 3.63) is 53.9 Å². The highest BCUT2D eigenvalue weighted by Gasteiger charge is 2.15. The van der Waals surface area contributed by atoms with Crippen molar-refractivity contribution in [2.24, 2.45) is 5.92 Å². The molecular formula is C16H20FN3O. The van der Waals surface area contributed by atoms with Gasteiger partial charge in [0, 0.05) is 30.9 Å². The summed E-state index contributed by atoms with van der Waals surface area (Å²) >= 11 is 0. The molecule has 0 radical (unpaired) electrons. The molecule has 4 nitrogen and oxygen atoms in total. The van der Waals surface area contributed by atoms with Gasteiger partial charge in [-0.1, -0.05) is 32.0 Å². The maximum atomic E-state index is 13.7. The first kappa shape index (κ1) is 15.2. The van der Waals surface area contributed by atoms with Crippen molar-refractivity contribution in [1.29, 1.82) is 0 Å². The predicted molar refractivity (Wildman–Crippen MR) is 79.0 cm³/mol. The molecule has 0 unspecified atom stereocenters. The average molecular weight is 289 g/mol. The highest BCUT2D eigenvalue weighted by Crippen LogP contribution is 2.12. The van der Waals surface area contributed by atoms with Crippen LogP contribution < -0.4 is 0 Å². The molecule has 1 amide bonds. The van der Waals surface area contributed by atoms with Crippen molar-refractivity contribution in [2.75, 3.05) is 7.05 Å². The summed E-state index contributed by atoms with van der Waals surface area (Å²) < 4.78 is 15.6. The predicted octanol–water partition coefficient (Wildman–Crippen LogP) is 2.68. The Morgan fingerprint density at radius 1 is 1.38 bits per heavy atom. The van der Waals surface area contributed by atoms with Gasteiger partial charge in [0.1, 0.15) is 11.6 Å². The molecule has 5 heteroatoms. The van der Waals surface area contributed by atoms with Crippen molar-refractivity contribution in [3.63, 3.8) is 0 Å². The Morgan fingerprint density at radius 3 is 2.76 bits per heavy atom. The number of amides is 1. The lowest BCUT2D eigenvalue weighted by Crippen LogP contribution is -2.31. The molecule has 0 bridgehead atoms. The van der Waals surface area contributed by atoms with E-state index < -0.39 is 0 Å². The van der Waals surface area contributed by atoms with Crippen LogP contribution in [0.2, 0.25) is 0 Å². The van der Waals surface area contributed by atoms with E-state index in [0.717, 1.165) is 5.82 Å². The van der Waals surface area contributed by atoms with Crippen LogP contribution in [0.15, 0.2) is 36.7 Å². The van der Waals surface area contributed by atoms with E-state index in [1.54, 1.807) is 36.5 Å². The summed E-state index contributed by atoms with van der Waals surface area (Å²) in [6.45, 7) is 4.56. The fourth-order valence-corrected chi connectivity index (χ4v) is 2.18. The number of hydrogen-bond donors (Lipinski definition) is 0. The van der Waals surface area contributed by atoms with Crippen LogP contribution in [-0.2, 0) is 17.9 Å². The fourth-order valence-electron chi connectivity index (χ4n) is 2.18. The molecular weight excluding hydrogens is 269 g/mol. The molecule has 1 aromatic heterocycles. The lowest BCUT2D eigenvalue weighted by molar-refractivity contribution is -0.133. The molecule has 1 aromatic carbocycles.